The summed E-state index contributed by atoms with van der Waals surface area (Å²) in [5, 5.41) is 0. The van der Waals surface area contributed by atoms with Gasteiger partial charge in [0.25, 0.3) is 5.91 Å². The minimum absolute atomic E-state index is 0.206. The molecule has 3 N–H and O–H groups in total. The van der Waals surface area contributed by atoms with Crippen LogP contribution in [0.15, 0.2) is 77.7 Å². The van der Waals surface area contributed by atoms with Crippen molar-refractivity contribution in [1.82, 2.24) is 9.62 Å². The Morgan fingerprint density at radius 1 is 0.914 bits per heavy atom. The van der Waals surface area contributed by atoms with Crippen molar-refractivity contribution in [2.75, 3.05) is 18.8 Å². The highest BCUT2D eigenvalue weighted by Gasteiger charge is 2.38. The smallest absolute Gasteiger partial charge is 0.399 e. The van der Waals surface area contributed by atoms with E-state index in [1.165, 1.54) is 6.07 Å². The number of benzene rings is 3. The molecule has 184 valence electrons. The van der Waals surface area contributed by atoms with Gasteiger partial charge in [0.15, 0.2) is 0 Å². The molecule has 1 aliphatic rings. The maximum atomic E-state index is 13.8. The molecule has 10 heteroatoms. The van der Waals surface area contributed by atoms with Crippen LogP contribution in [0.5, 0.6) is 0 Å². The number of anilines is 1. The van der Waals surface area contributed by atoms with Gasteiger partial charge in [0.05, 0.1) is 10.5 Å². The Labute approximate surface area is 201 Å². The van der Waals surface area contributed by atoms with E-state index in [1.54, 1.807) is 59.5 Å². The lowest BCUT2D eigenvalue weighted by Gasteiger charge is -2.32. The molecule has 0 aromatic heterocycles. The Hall–Kier alpha value is -3.37. The lowest BCUT2D eigenvalue weighted by atomic mass is 10.0. The summed E-state index contributed by atoms with van der Waals surface area (Å²) < 4.78 is 69.9. The maximum absolute atomic E-state index is 13.8. The summed E-state index contributed by atoms with van der Waals surface area (Å²) in [5.74, 6) is -0.206. The number of nitrogens with two attached hydrogens (primary N) is 1. The van der Waals surface area contributed by atoms with Crippen molar-refractivity contribution >= 4 is 21.6 Å². The molecule has 4 rings (SSSR count). The van der Waals surface area contributed by atoms with Gasteiger partial charge in [-0.05, 0) is 60.4 Å². The van der Waals surface area contributed by atoms with Gasteiger partial charge >= 0.3 is 6.18 Å². The first-order valence-electron chi connectivity index (χ1n) is 11.0. The standard InChI is InChI=1S/C25H24F3N3O3S/c26-25(27,28)22-16-19(17-4-2-1-3-5-17)8-11-23(22)35(33,34)30-21-12-14-31(15-13-21)24(32)18-6-9-20(29)10-7-18/h1-11,16,21,30H,12-15,29H2. The van der Waals surface area contributed by atoms with Gasteiger partial charge in [-0.1, -0.05) is 36.4 Å². The van der Waals surface area contributed by atoms with Gasteiger partial charge in [-0.15, -0.1) is 0 Å². The van der Waals surface area contributed by atoms with Crippen LogP contribution in [-0.4, -0.2) is 38.4 Å². The number of carbonyl (C=O) groups is 1. The van der Waals surface area contributed by atoms with Crippen LogP contribution >= 0.6 is 0 Å². The van der Waals surface area contributed by atoms with Crippen LogP contribution in [0.3, 0.4) is 0 Å². The van der Waals surface area contributed by atoms with Crippen LogP contribution in [0.2, 0.25) is 0 Å². The number of carbonyl (C=O) groups excluding carboxylic acids is 1. The number of likely N-dealkylation sites (tertiary alicyclic amines) is 1. The topological polar surface area (TPSA) is 92.5 Å². The summed E-state index contributed by atoms with van der Waals surface area (Å²) in [6.07, 6.45) is -4.30. The van der Waals surface area contributed by atoms with Crippen molar-refractivity contribution in [1.29, 1.82) is 0 Å². The Morgan fingerprint density at radius 2 is 1.54 bits per heavy atom. The second-order valence-corrected chi connectivity index (χ2v) is 10.1. The fourth-order valence-corrected chi connectivity index (χ4v) is 5.60. The zero-order valence-electron chi connectivity index (χ0n) is 18.6. The van der Waals surface area contributed by atoms with E-state index in [1.807, 2.05) is 0 Å². The van der Waals surface area contributed by atoms with Crippen LogP contribution in [-0.2, 0) is 16.2 Å². The van der Waals surface area contributed by atoms with E-state index < -0.39 is 32.7 Å². The Balaban J connectivity index is 1.49. The minimum Gasteiger partial charge on any atom is -0.399 e. The second kappa shape index (κ2) is 9.71. The molecule has 0 aliphatic carbocycles. The van der Waals surface area contributed by atoms with E-state index in [0.717, 1.165) is 12.1 Å². The normalized spacial score (nSPS) is 15.2. The summed E-state index contributed by atoms with van der Waals surface area (Å²) >= 11 is 0. The largest absolute Gasteiger partial charge is 0.417 e. The average molecular weight is 504 g/mol. The quantitative estimate of drug-likeness (QED) is 0.500. The summed E-state index contributed by atoms with van der Waals surface area (Å²) in [6, 6.07) is 17.5. The highest BCUT2D eigenvalue weighted by Crippen LogP contribution is 2.37. The van der Waals surface area contributed by atoms with Crippen LogP contribution in [0.1, 0.15) is 28.8 Å². The first-order chi connectivity index (χ1) is 16.5. The van der Waals surface area contributed by atoms with E-state index in [9.17, 15) is 26.4 Å². The predicted octanol–water partition coefficient (Wildman–Crippen LogP) is 4.54. The molecule has 0 atom stereocenters. The third kappa shape index (κ3) is 5.66. The van der Waals surface area contributed by atoms with Crippen molar-refractivity contribution < 1.29 is 26.4 Å². The SMILES string of the molecule is Nc1ccc(C(=O)N2CCC(NS(=O)(=O)c3ccc(-c4ccccc4)cc3C(F)(F)F)CC2)cc1. The third-order valence-electron chi connectivity index (χ3n) is 5.94. The van der Waals surface area contributed by atoms with Gasteiger partial charge in [-0.3, -0.25) is 4.79 Å². The first kappa shape index (κ1) is 24.7. The fraction of sp³-hybridized carbons (Fsp3) is 0.240. The molecule has 1 amide bonds. The number of nitrogens with zero attached hydrogens (tertiary/aromatic N) is 1. The number of nitrogens with one attached hydrogen (secondary N) is 1. The molecule has 1 saturated heterocycles. The Morgan fingerprint density at radius 3 is 2.14 bits per heavy atom. The molecule has 0 radical (unpaired) electrons. The van der Waals surface area contributed by atoms with Crippen molar-refractivity contribution in [2.24, 2.45) is 0 Å². The van der Waals surface area contributed by atoms with Gasteiger partial charge in [0.1, 0.15) is 0 Å². The number of rotatable bonds is 5. The predicted molar refractivity (Wildman–Crippen MR) is 127 cm³/mol. The zero-order valence-corrected chi connectivity index (χ0v) is 19.4. The number of hydrogen-bond donors (Lipinski definition) is 2. The number of nitrogen functional groups attached to an aromatic ring is 1. The number of piperidine rings is 1. The first-order valence-corrected chi connectivity index (χ1v) is 12.5. The fourth-order valence-electron chi connectivity index (χ4n) is 4.09. The van der Waals surface area contributed by atoms with Gasteiger partial charge in [-0.25, -0.2) is 13.1 Å². The molecule has 3 aromatic carbocycles. The minimum atomic E-state index is -4.86. The molecular weight excluding hydrogens is 479 g/mol. The van der Waals surface area contributed by atoms with Crippen molar-refractivity contribution in [3.63, 3.8) is 0 Å². The van der Waals surface area contributed by atoms with Crippen molar-refractivity contribution in [3.8, 4) is 11.1 Å². The molecular formula is C25H24F3N3O3S. The molecule has 6 nitrogen and oxygen atoms in total. The molecule has 0 saturated carbocycles. The number of amides is 1. The highest BCUT2D eigenvalue weighted by atomic mass is 32.2. The van der Waals surface area contributed by atoms with Crippen LogP contribution in [0.25, 0.3) is 11.1 Å². The van der Waals surface area contributed by atoms with Crippen LogP contribution < -0.4 is 10.5 Å². The molecule has 3 aromatic rings. The van der Waals surface area contributed by atoms with Gasteiger partial charge in [0, 0.05) is 30.4 Å². The van der Waals surface area contributed by atoms with Crippen molar-refractivity contribution in [2.45, 2.75) is 30.0 Å². The van der Waals surface area contributed by atoms with Crippen LogP contribution in [0, 0.1) is 0 Å². The van der Waals surface area contributed by atoms with E-state index in [-0.39, 0.29) is 37.4 Å². The van der Waals surface area contributed by atoms with Gasteiger partial charge in [-0.2, -0.15) is 13.2 Å². The van der Waals surface area contributed by atoms with E-state index >= 15 is 0 Å². The third-order valence-corrected chi connectivity index (χ3v) is 7.52. The average Bonchev–Trinajstić information content (AvgIpc) is 2.84. The van der Waals surface area contributed by atoms with Gasteiger partial charge < -0.3 is 10.6 Å². The Kier molecular flexibility index (Phi) is 6.86. The highest BCUT2D eigenvalue weighted by molar-refractivity contribution is 7.89. The molecule has 35 heavy (non-hydrogen) atoms. The van der Waals surface area contributed by atoms with E-state index in [4.69, 9.17) is 5.73 Å². The van der Waals surface area contributed by atoms with Gasteiger partial charge in [0.2, 0.25) is 10.0 Å². The Bertz CT molecular complexity index is 1300. The summed E-state index contributed by atoms with van der Waals surface area (Å²) in [7, 11) is -4.45. The number of sulfonamides is 1. The summed E-state index contributed by atoms with van der Waals surface area (Å²) in [5.41, 5.74) is 6.24. The summed E-state index contributed by atoms with van der Waals surface area (Å²) in [4.78, 5) is 13.4. The van der Waals surface area contributed by atoms with E-state index in [0.29, 0.717) is 16.8 Å². The summed E-state index contributed by atoms with van der Waals surface area (Å²) in [6.45, 7) is 0.547. The second-order valence-electron chi connectivity index (χ2n) is 8.38. The molecule has 0 unspecified atom stereocenters. The number of hydrogen-bond acceptors (Lipinski definition) is 4. The lowest BCUT2D eigenvalue weighted by Crippen LogP contribution is -2.46. The number of halogens is 3. The van der Waals surface area contributed by atoms with Crippen LogP contribution in [0.4, 0.5) is 18.9 Å². The monoisotopic (exact) mass is 503 g/mol. The molecule has 0 spiro atoms. The number of alkyl halides is 3. The van der Waals surface area contributed by atoms with E-state index in [2.05, 4.69) is 4.72 Å². The van der Waals surface area contributed by atoms with Crippen molar-refractivity contribution in [3.05, 3.63) is 83.9 Å². The maximum Gasteiger partial charge on any atom is 0.417 e. The zero-order chi connectivity index (χ0) is 25.2. The molecule has 1 aliphatic heterocycles. The molecule has 1 fully saturated rings. The molecule has 0 bridgehead atoms. The molecule has 1 heterocycles. The lowest BCUT2D eigenvalue weighted by molar-refractivity contribution is -0.139.